The fraction of sp³-hybridized carbons (Fsp3) is 0. The van der Waals surface area contributed by atoms with Crippen molar-refractivity contribution in [2.45, 2.75) is 0 Å². The third-order valence-electron chi connectivity index (χ3n) is 3.22. The van der Waals surface area contributed by atoms with Crippen LogP contribution in [-0.4, -0.2) is 15.0 Å². The van der Waals surface area contributed by atoms with Gasteiger partial charge in [0, 0.05) is 25.7 Å². The molecule has 0 fully saturated rings. The van der Waals surface area contributed by atoms with Gasteiger partial charge in [0.1, 0.15) is 0 Å². The standard InChI is InChI=1S/C15H7Cl2N3S/c16-14-18-13(19-15(17)20-14)9-5-3-7-11-12(9)8-4-1-2-6-10(8)21-11/h1-7H. The van der Waals surface area contributed by atoms with Gasteiger partial charge in [-0.1, -0.05) is 30.3 Å². The van der Waals surface area contributed by atoms with Crippen LogP contribution >= 0.6 is 34.5 Å². The molecule has 0 atom stereocenters. The molecule has 0 saturated carbocycles. The van der Waals surface area contributed by atoms with Gasteiger partial charge in [-0.25, -0.2) is 0 Å². The zero-order valence-electron chi connectivity index (χ0n) is 10.5. The number of thiophene rings is 1. The highest BCUT2D eigenvalue weighted by Crippen LogP contribution is 2.38. The van der Waals surface area contributed by atoms with E-state index in [2.05, 4.69) is 33.2 Å². The van der Waals surface area contributed by atoms with Crippen molar-refractivity contribution in [3.63, 3.8) is 0 Å². The highest BCUT2D eigenvalue weighted by Gasteiger charge is 2.13. The molecule has 0 aliphatic rings. The second kappa shape index (κ2) is 4.91. The van der Waals surface area contributed by atoms with Crippen LogP contribution in [0.15, 0.2) is 42.5 Å². The summed E-state index contributed by atoms with van der Waals surface area (Å²) in [5, 5.41) is 2.50. The number of rotatable bonds is 1. The van der Waals surface area contributed by atoms with Crippen molar-refractivity contribution in [3.05, 3.63) is 53.0 Å². The van der Waals surface area contributed by atoms with Crippen LogP contribution in [0.4, 0.5) is 0 Å². The second-order valence-corrected chi connectivity index (χ2v) is 6.23. The van der Waals surface area contributed by atoms with Crippen LogP contribution in [-0.2, 0) is 0 Å². The molecule has 0 unspecified atom stereocenters. The van der Waals surface area contributed by atoms with E-state index in [0.717, 1.165) is 10.9 Å². The van der Waals surface area contributed by atoms with Gasteiger partial charge >= 0.3 is 0 Å². The lowest BCUT2D eigenvalue weighted by atomic mass is 10.1. The van der Waals surface area contributed by atoms with Crippen LogP contribution in [0.5, 0.6) is 0 Å². The molecule has 21 heavy (non-hydrogen) atoms. The molecule has 4 rings (SSSR count). The Morgan fingerprint density at radius 1 is 0.762 bits per heavy atom. The van der Waals surface area contributed by atoms with E-state index >= 15 is 0 Å². The molecular formula is C15H7Cl2N3S. The number of nitrogens with zero attached hydrogens (tertiary/aromatic N) is 3. The predicted octanol–water partition coefficient (Wildman–Crippen LogP) is 5.21. The van der Waals surface area contributed by atoms with Gasteiger partial charge in [-0.15, -0.1) is 11.3 Å². The molecular weight excluding hydrogens is 325 g/mol. The predicted molar refractivity (Wildman–Crippen MR) is 88.2 cm³/mol. The first-order chi connectivity index (χ1) is 10.2. The van der Waals surface area contributed by atoms with Crippen molar-refractivity contribution in [2.24, 2.45) is 0 Å². The SMILES string of the molecule is Clc1nc(Cl)nc(-c2cccc3sc4ccccc4c23)n1. The van der Waals surface area contributed by atoms with Gasteiger partial charge in [0.2, 0.25) is 10.6 Å². The summed E-state index contributed by atoms with van der Waals surface area (Å²) in [4.78, 5) is 12.2. The van der Waals surface area contributed by atoms with Crippen LogP contribution in [0.3, 0.4) is 0 Å². The molecule has 2 aromatic carbocycles. The second-order valence-electron chi connectivity index (χ2n) is 4.47. The maximum absolute atomic E-state index is 5.90. The van der Waals surface area contributed by atoms with Crippen molar-refractivity contribution in [3.8, 4) is 11.4 Å². The summed E-state index contributed by atoms with van der Waals surface area (Å²) < 4.78 is 2.41. The Bertz CT molecular complexity index is 961. The molecule has 2 heterocycles. The Kier molecular flexibility index (Phi) is 3.03. The van der Waals surface area contributed by atoms with E-state index in [1.807, 2.05) is 24.3 Å². The summed E-state index contributed by atoms with van der Waals surface area (Å²) in [5.74, 6) is 0.495. The first-order valence-corrected chi connectivity index (χ1v) is 7.77. The molecule has 0 aliphatic carbocycles. The van der Waals surface area contributed by atoms with Gasteiger partial charge in [-0.05, 0) is 35.3 Å². The smallest absolute Gasteiger partial charge is 0.198 e. The lowest BCUT2D eigenvalue weighted by molar-refractivity contribution is 1.06. The Hall–Kier alpha value is -1.75. The minimum atomic E-state index is 0.0986. The van der Waals surface area contributed by atoms with Gasteiger partial charge in [0.15, 0.2) is 5.82 Å². The minimum Gasteiger partial charge on any atom is -0.198 e. The van der Waals surface area contributed by atoms with E-state index < -0.39 is 0 Å². The van der Waals surface area contributed by atoms with Crippen LogP contribution in [0.25, 0.3) is 31.6 Å². The van der Waals surface area contributed by atoms with Gasteiger partial charge < -0.3 is 0 Å². The average molecular weight is 332 g/mol. The van der Waals surface area contributed by atoms with Gasteiger partial charge in [0.25, 0.3) is 0 Å². The Morgan fingerprint density at radius 2 is 1.48 bits per heavy atom. The minimum absolute atomic E-state index is 0.0986. The van der Waals surface area contributed by atoms with E-state index in [4.69, 9.17) is 23.2 Å². The van der Waals surface area contributed by atoms with E-state index in [0.29, 0.717) is 5.82 Å². The maximum Gasteiger partial charge on any atom is 0.227 e. The zero-order chi connectivity index (χ0) is 14.4. The van der Waals surface area contributed by atoms with Crippen molar-refractivity contribution in [1.82, 2.24) is 15.0 Å². The van der Waals surface area contributed by atoms with Gasteiger partial charge in [-0.2, -0.15) is 15.0 Å². The summed E-state index contributed by atoms with van der Waals surface area (Å²) >= 11 is 13.5. The topological polar surface area (TPSA) is 38.7 Å². The molecule has 0 spiro atoms. The maximum atomic E-state index is 5.90. The molecule has 0 saturated heterocycles. The van der Waals surface area contributed by atoms with Gasteiger partial charge in [-0.3, -0.25) is 0 Å². The Balaban J connectivity index is 2.13. The first kappa shape index (κ1) is 13.0. The van der Waals surface area contributed by atoms with Crippen LogP contribution in [0.2, 0.25) is 10.6 Å². The largest absolute Gasteiger partial charge is 0.227 e. The summed E-state index contributed by atoms with van der Waals surface area (Å²) in [6.45, 7) is 0. The number of fused-ring (bicyclic) bond motifs is 3. The normalized spacial score (nSPS) is 11.3. The van der Waals surface area contributed by atoms with Crippen LogP contribution in [0, 0.1) is 0 Å². The highest BCUT2D eigenvalue weighted by molar-refractivity contribution is 7.25. The van der Waals surface area contributed by atoms with E-state index in [1.54, 1.807) is 11.3 Å². The number of aromatic nitrogens is 3. The molecule has 4 aromatic rings. The lowest BCUT2D eigenvalue weighted by Crippen LogP contribution is -1.93. The Labute approximate surface area is 134 Å². The summed E-state index contributed by atoms with van der Waals surface area (Å²) in [5.41, 5.74) is 0.913. The summed E-state index contributed by atoms with van der Waals surface area (Å²) in [7, 11) is 0. The zero-order valence-corrected chi connectivity index (χ0v) is 12.9. The molecule has 0 amide bonds. The Morgan fingerprint density at radius 3 is 2.29 bits per heavy atom. The van der Waals surface area contributed by atoms with Gasteiger partial charge in [0.05, 0.1) is 0 Å². The number of hydrogen-bond donors (Lipinski definition) is 0. The molecule has 0 N–H and O–H groups in total. The third kappa shape index (κ3) is 2.16. The first-order valence-electron chi connectivity index (χ1n) is 6.20. The number of halogens is 2. The number of benzene rings is 2. The molecule has 0 aliphatic heterocycles. The lowest BCUT2D eigenvalue weighted by Gasteiger charge is -2.03. The van der Waals surface area contributed by atoms with Crippen LogP contribution < -0.4 is 0 Å². The monoisotopic (exact) mass is 331 g/mol. The molecule has 102 valence electrons. The molecule has 3 nitrogen and oxygen atoms in total. The average Bonchev–Trinajstić information content (AvgIpc) is 2.84. The summed E-state index contributed by atoms with van der Waals surface area (Å²) in [6.07, 6.45) is 0. The quantitative estimate of drug-likeness (QED) is 0.480. The third-order valence-corrected chi connectivity index (χ3v) is 4.70. The van der Waals surface area contributed by atoms with Crippen LogP contribution in [0.1, 0.15) is 0 Å². The van der Waals surface area contributed by atoms with E-state index in [-0.39, 0.29) is 10.6 Å². The fourth-order valence-corrected chi connectivity index (χ4v) is 3.90. The fourth-order valence-electron chi connectivity index (χ4n) is 2.41. The molecule has 0 radical (unpaired) electrons. The molecule has 6 heteroatoms. The molecule has 0 bridgehead atoms. The summed E-state index contributed by atoms with van der Waals surface area (Å²) in [6, 6.07) is 14.3. The van der Waals surface area contributed by atoms with Crippen molar-refractivity contribution in [2.75, 3.05) is 0 Å². The highest BCUT2D eigenvalue weighted by atomic mass is 35.5. The van der Waals surface area contributed by atoms with E-state index in [9.17, 15) is 0 Å². The van der Waals surface area contributed by atoms with Crippen molar-refractivity contribution in [1.29, 1.82) is 0 Å². The van der Waals surface area contributed by atoms with E-state index in [1.165, 1.54) is 14.8 Å². The van der Waals surface area contributed by atoms with Crippen molar-refractivity contribution < 1.29 is 0 Å². The molecule has 2 aromatic heterocycles. The van der Waals surface area contributed by atoms with Crippen molar-refractivity contribution >= 4 is 54.7 Å². The number of hydrogen-bond acceptors (Lipinski definition) is 4.